The quantitative estimate of drug-likeness (QED) is 0.0262. The predicted octanol–water partition coefficient (Wildman–Crippen LogP) is 19.8. The van der Waals surface area contributed by atoms with Gasteiger partial charge in [-0.25, -0.2) is 0 Å². The van der Waals surface area contributed by atoms with Crippen LogP contribution < -0.4 is 0 Å². The molecule has 0 radical (unpaired) electrons. The molecule has 69 heavy (non-hydrogen) atoms. The first kappa shape index (κ1) is 65.8. The van der Waals surface area contributed by atoms with E-state index in [0.29, 0.717) is 19.3 Å². The van der Waals surface area contributed by atoms with Gasteiger partial charge in [-0.1, -0.05) is 241 Å². The molecule has 0 rings (SSSR count). The SMILES string of the molecule is CCC/C=C\C/C=C\CCCCCCCC(=O)OC(COC(=O)CCCCCCC/C=C\CCCC)COC(=O)CCCCCCCCCCCCCC/C=C\C/C=C\C/C=C\CCCCCCC. The summed E-state index contributed by atoms with van der Waals surface area (Å²) in [5.74, 6) is -0.904. The van der Waals surface area contributed by atoms with Gasteiger partial charge in [-0.05, 0) is 103 Å². The molecule has 0 saturated heterocycles. The lowest BCUT2D eigenvalue weighted by molar-refractivity contribution is -0.167. The summed E-state index contributed by atoms with van der Waals surface area (Å²) in [4.78, 5) is 38.1. The van der Waals surface area contributed by atoms with E-state index in [1.807, 2.05) is 0 Å². The van der Waals surface area contributed by atoms with Gasteiger partial charge in [-0.2, -0.15) is 0 Å². The summed E-state index contributed by atoms with van der Waals surface area (Å²) in [6, 6.07) is 0. The Balaban J connectivity index is 4.21. The number of ether oxygens (including phenoxy) is 3. The minimum Gasteiger partial charge on any atom is -0.462 e. The summed E-state index contributed by atoms with van der Waals surface area (Å²) in [6.07, 6.45) is 73.4. The number of hydrogen-bond donors (Lipinski definition) is 0. The fourth-order valence-electron chi connectivity index (χ4n) is 8.17. The predicted molar refractivity (Wildman–Crippen MR) is 298 cm³/mol. The van der Waals surface area contributed by atoms with Gasteiger partial charge in [-0.3, -0.25) is 14.4 Å². The number of hydrogen-bond acceptors (Lipinski definition) is 6. The van der Waals surface area contributed by atoms with E-state index in [1.54, 1.807) is 0 Å². The van der Waals surface area contributed by atoms with Crippen molar-refractivity contribution in [3.63, 3.8) is 0 Å². The number of rotatable bonds is 53. The van der Waals surface area contributed by atoms with Crippen molar-refractivity contribution in [1.29, 1.82) is 0 Å². The van der Waals surface area contributed by atoms with Gasteiger partial charge in [0.05, 0.1) is 0 Å². The van der Waals surface area contributed by atoms with Crippen molar-refractivity contribution >= 4 is 17.9 Å². The highest BCUT2D eigenvalue weighted by Gasteiger charge is 2.19. The van der Waals surface area contributed by atoms with Crippen LogP contribution in [0.15, 0.2) is 72.9 Å². The molecule has 0 aliphatic carbocycles. The number of esters is 3. The molecule has 0 aromatic heterocycles. The largest absolute Gasteiger partial charge is 0.462 e. The third-order valence-corrected chi connectivity index (χ3v) is 12.6. The van der Waals surface area contributed by atoms with Gasteiger partial charge in [0, 0.05) is 19.3 Å². The van der Waals surface area contributed by atoms with Gasteiger partial charge < -0.3 is 14.2 Å². The Kier molecular flexibility index (Phi) is 54.8. The molecule has 0 fully saturated rings. The van der Waals surface area contributed by atoms with Gasteiger partial charge in [0.15, 0.2) is 6.10 Å². The average Bonchev–Trinajstić information content (AvgIpc) is 3.35. The normalized spacial score (nSPS) is 12.6. The first-order chi connectivity index (χ1) is 34.0. The molecule has 1 unspecified atom stereocenters. The van der Waals surface area contributed by atoms with E-state index in [1.165, 1.54) is 141 Å². The van der Waals surface area contributed by atoms with Crippen LogP contribution >= 0.6 is 0 Å². The Morgan fingerprint density at radius 3 is 0.928 bits per heavy atom. The van der Waals surface area contributed by atoms with Gasteiger partial charge in [-0.15, -0.1) is 0 Å². The third-order valence-electron chi connectivity index (χ3n) is 12.6. The second-order valence-electron chi connectivity index (χ2n) is 19.5. The molecule has 0 aliphatic heterocycles. The summed E-state index contributed by atoms with van der Waals surface area (Å²) in [5.41, 5.74) is 0. The number of allylic oxidation sites excluding steroid dienone is 12. The lowest BCUT2D eigenvalue weighted by Crippen LogP contribution is -2.30. The third kappa shape index (κ3) is 55.6. The summed E-state index contributed by atoms with van der Waals surface area (Å²) in [7, 11) is 0. The van der Waals surface area contributed by atoms with Crippen molar-refractivity contribution in [2.24, 2.45) is 0 Å². The number of carbonyl (C=O) groups excluding carboxylic acids is 3. The van der Waals surface area contributed by atoms with Crippen LogP contribution in [0.2, 0.25) is 0 Å². The Labute approximate surface area is 427 Å². The van der Waals surface area contributed by atoms with Crippen LogP contribution in [0.1, 0.15) is 290 Å². The maximum absolute atomic E-state index is 12.8. The van der Waals surface area contributed by atoms with Crippen LogP contribution in [-0.4, -0.2) is 37.2 Å². The highest BCUT2D eigenvalue weighted by Crippen LogP contribution is 2.15. The zero-order valence-corrected chi connectivity index (χ0v) is 45.6. The summed E-state index contributed by atoms with van der Waals surface area (Å²) in [6.45, 7) is 6.52. The van der Waals surface area contributed by atoms with Gasteiger partial charge in [0.1, 0.15) is 13.2 Å². The highest BCUT2D eigenvalue weighted by molar-refractivity contribution is 5.71. The first-order valence-electron chi connectivity index (χ1n) is 29.4. The van der Waals surface area contributed by atoms with Gasteiger partial charge >= 0.3 is 17.9 Å². The van der Waals surface area contributed by atoms with Crippen LogP contribution in [0, 0.1) is 0 Å². The standard InChI is InChI=1S/C63H110O6/c1-4-7-10-13-16-19-22-24-25-26-27-28-29-30-31-32-33-34-35-36-37-39-41-44-47-50-53-56-62(65)68-59-60(58-67-61(64)55-52-49-46-43-40-21-18-15-12-9-6-3)69-63(66)57-54-51-48-45-42-38-23-20-17-14-11-8-5-2/h11,14-15,18,20,22-24,26-27,29-30,60H,4-10,12-13,16-17,19,21,25,28,31-59H2,1-3H3/b14-11-,18-15-,23-20-,24-22-,27-26-,30-29-. The molecule has 398 valence electrons. The maximum Gasteiger partial charge on any atom is 0.306 e. The topological polar surface area (TPSA) is 78.9 Å². The molecule has 0 amide bonds. The maximum atomic E-state index is 12.8. The lowest BCUT2D eigenvalue weighted by Gasteiger charge is -2.18. The van der Waals surface area contributed by atoms with E-state index in [-0.39, 0.29) is 31.1 Å². The fourth-order valence-corrected chi connectivity index (χ4v) is 8.17. The fraction of sp³-hybridized carbons (Fsp3) is 0.762. The molecule has 0 bridgehead atoms. The number of unbranched alkanes of at least 4 members (excludes halogenated alkanes) is 30. The van der Waals surface area contributed by atoms with Crippen LogP contribution in [0.5, 0.6) is 0 Å². The van der Waals surface area contributed by atoms with Crippen LogP contribution in [0.4, 0.5) is 0 Å². The molecule has 6 heteroatoms. The van der Waals surface area contributed by atoms with Crippen LogP contribution in [0.25, 0.3) is 0 Å². The van der Waals surface area contributed by atoms with E-state index in [9.17, 15) is 14.4 Å². The Morgan fingerprint density at radius 2 is 0.565 bits per heavy atom. The monoisotopic (exact) mass is 963 g/mol. The van der Waals surface area contributed by atoms with E-state index in [4.69, 9.17) is 14.2 Å². The van der Waals surface area contributed by atoms with Crippen molar-refractivity contribution in [3.05, 3.63) is 72.9 Å². The minimum atomic E-state index is -0.786. The van der Waals surface area contributed by atoms with Crippen molar-refractivity contribution in [3.8, 4) is 0 Å². The molecule has 0 N–H and O–H groups in total. The van der Waals surface area contributed by atoms with Gasteiger partial charge in [0.2, 0.25) is 0 Å². The summed E-state index contributed by atoms with van der Waals surface area (Å²) < 4.78 is 16.8. The van der Waals surface area contributed by atoms with Crippen molar-refractivity contribution in [2.75, 3.05) is 13.2 Å². The zero-order chi connectivity index (χ0) is 50.0. The molecule has 1 atom stereocenters. The molecule has 0 heterocycles. The molecule has 0 saturated carbocycles. The van der Waals surface area contributed by atoms with E-state index >= 15 is 0 Å². The molecular weight excluding hydrogens is 853 g/mol. The van der Waals surface area contributed by atoms with E-state index in [2.05, 4.69) is 93.7 Å². The molecule has 0 aliphatic rings. The van der Waals surface area contributed by atoms with Gasteiger partial charge in [0.25, 0.3) is 0 Å². The smallest absolute Gasteiger partial charge is 0.306 e. The zero-order valence-electron chi connectivity index (χ0n) is 45.6. The summed E-state index contributed by atoms with van der Waals surface area (Å²) in [5, 5.41) is 0. The average molecular weight is 964 g/mol. The highest BCUT2D eigenvalue weighted by atomic mass is 16.6. The Hall–Kier alpha value is -3.15. The van der Waals surface area contributed by atoms with E-state index < -0.39 is 6.10 Å². The lowest BCUT2D eigenvalue weighted by atomic mass is 10.0. The molecule has 0 aromatic rings. The van der Waals surface area contributed by atoms with Crippen molar-refractivity contribution in [1.82, 2.24) is 0 Å². The summed E-state index contributed by atoms with van der Waals surface area (Å²) >= 11 is 0. The minimum absolute atomic E-state index is 0.0840. The molecule has 6 nitrogen and oxygen atoms in total. The van der Waals surface area contributed by atoms with Crippen molar-refractivity contribution in [2.45, 2.75) is 297 Å². The van der Waals surface area contributed by atoms with E-state index in [0.717, 1.165) is 109 Å². The van der Waals surface area contributed by atoms with Crippen LogP contribution in [-0.2, 0) is 28.6 Å². The molecule has 0 aromatic carbocycles. The number of carbonyl (C=O) groups is 3. The first-order valence-corrected chi connectivity index (χ1v) is 29.4. The Morgan fingerprint density at radius 1 is 0.290 bits per heavy atom. The Bertz CT molecular complexity index is 1290. The second-order valence-corrected chi connectivity index (χ2v) is 19.5. The van der Waals surface area contributed by atoms with Crippen LogP contribution in [0.3, 0.4) is 0 Å². The molecule has 0 spiro atoms. The van der Waals surface area contributed by atoms with Crippen molar-refractivity contribution < 1.29 is 28.6 Å². The second kappa shape index (κ2) is 57.4. The molecular formula is C63H110O6.